The number of carbonyl (C=O) groups is 1. The number of hydrogen-bond donors (Lipinski definition) is 1. The molecule has 0 amide bonds. The monoisotopic (exact) mass is 346 g/mol. The second-order valence-corrected chi connectivity index (χ2v) is 7.33. The highest BCUT2D eigenvalue weighted by Crippen LogP contribution is 2.50. The van der Waals surface area contributed by atoms with Crippen molar-refractivity contribution >= 4 is 5.97 Å². The Bertz CT molecular complexity index is 552. The molecule has 0 aromatic rings. The quantitative estimate of drug-likeness (QED) is 0.616. The zero-order chi connectivity index (χ0) is 18.3. The first-order chi connectivity index (χ1) is 10.9. The van der Waals surface area contributed by atoms with Crippen molar-refractivity contribution in [2.75, 3.05) is 0 Å². The molecule has 2 aliphatic carbocycles. The van der Waals surface area contributed by atoms with E-state index < -0.39 is 30.3 Å². The molecule has 2 aliphatic rings. The molecule has 0 heterocycles. The Hall–Kier alpha value is -1.30. The first kappa shape index (κ1) is 19.0. The number of hydrogen-bond acceptors (Lipinski definition) is 3. The fourth-order valence-electron chi connectivity index (χ4n) is 4.03. The zero-order valence-electron chi connectivity index (χ0n) is 14.3. The summed E-state index contributed by atoms with van der Waals surface area (Å²) in [7, 11) is 0. The van der Waals surface area contributed by atoms with Crippen LogP contribution < -0.4 is 0 Å². The largest absolute Gasteiger partial charge is 0.457 e. The van der Waals surface area contributed by atoms with Crippen molar-refractivity contribution in [2.45, 2.75) is 64.3 Å². The maximum atomic E-state index is 12.3. The maximum absolute atomic E-state index is 12.3. The van der Waals surface area contributed by atoms with E-state index in [0.29, 0.717) is 5.57 Å². The van der Waals surface area contributed by atoms with Crippen LogP contribution in [-0.4, -0.2) is 29.0 Å². The highest BCUT2D eigenvalue weighted by molar-refractivity contribution is 5.70. The number of esters is 1. The molecule has 0 aromatic heterocycles. The highest BCUT2D eigenvalue weighted by atomic mass is 19.4. The summed E-state index contributed by atoms with van der Waals surface area (Å²) in [6.07, 6.45) is -3.29. The number of rotatable bonds is 3. The molecule has 0 aliphatic heterocycles. The van der Waals surface area contributed by atoms with Crippen LogP contribution in [-0.2, 0) is 9.53 Å². The van der Waals surface area contributed by atoms with Crippen LogP contribution in [0.1, 0.15) is 46.5 Å². The van der Waals surface area contributed by atoms with Crippen LogP contribution in [0.2, 0.25) is 0 Å². The summed E-state index contributed by atoms with van der Waals surface area (Å²) in [5, 5.41) is 11.2. The minimum Gasteiger partial charge on any atom is -0.457 e. The molecule has 2 rings (SSSR count). The lowest BCUT2D eigenvalue weighted by Gasteiger charge is -2.51. The number of ether oxygens (including phenoxy) is 1. The van der Waals surface area contributed by atoms with Gasteiger partial charge in [0.05, 0.1) is 5.60 Å². The molecule has 0 unspecified atom stereocenters. The van der Waals surface area contributed by atoms with Gasteiger partial charge in [-0.25, -0.2) is 0 Å². The van der Waals surface area contributed by atoms with Gasteiger partial charge in [-0.15, -0.1) is 0 Å². The Labute approximate surface area is 140 Å². The van der Waals surface area contributed by atoms with Crippen molar-refractivity contribution in [3.8, 4) is 0 Å². The van der Waals surface area contributed by atoms with Crippen LogP contribution in [0, 0.1) is 17.8 Å². The molecule has 6 heteroatoms. The Kier molecular flexibility index (Phi) is 5.19. The average molecular weight is 346 g/mol. The van der Waals surface area contributed by atoms with Gasteiger partial charge in [0, 0.05) is 12.3 Å². The summed E-state index contributed by atoms with van der Waals surface area (Å²) in [4.78, 5) is 11.5. The maximum Gasteiger partial charge on any atom is 0.399 e. The number of carbonyl (C=O) groups excluding carboxylic acids is 1. The predicted molar refractivity (Wildman–Crippen MR) is 84.1 cm³/mol. The fraction of sp³-hybridized carbons (Fsp3) is 0.722. The third-order valence-corrected chi connectivity index (χ3v) is 5.49. The summed E-state index contributed by atoms with van der Waals surface area (Å²) in [5.74, 6) is -1.34. The van der Waals surface area contributed by atoms with Gasteiger partial charge in [-0.1, -0.05) is 25.2 Å². The summed E-state index contributed by atoms with van der Waals surface area (Å²) in [5.41, 5.74) is 0.590. The number of halogens is 3. The first-order valence-electron chi connectivity index (χ1n) is 8.26. The molecular weight excluding hydrogens is 321 g/mol. The van der Waals surface area contributed by atoms with Crippen LogP contribution in [0.5, 0.6) is 0 Å². The molecular formula is C18H25F3O3. The van der Waals surface area contributed by atoms with Gasteiger partial charge in [0.25, 0.3) is 0 Å². The minimum atomic E-state index is -4.59. The molecule has 1 fully saturated rings. The van der Waals surface area contributed by atoms with Crippen molar-refractivity contribution in [3.05, 3.63) is 23.8 Å². The molecule has 0 bridgehead atoms. The van der Waals surface area contributed by atoms with Gasteiger partial charge in [-0.05, 0) is 44.1 Å². The summed E-state index contributed by atoms with van der Waals surface area (Å²) in [6.45, 7) is 9.61. The number of fused-ring (bicyclic) bond motifs is 1. The third-order valence-electron chi connectivity index (χ3n) is 5.49. The van der Waals surface area contributed by atoms with Gasteiger partial charge in [0.2, 0.25) is 0 Å². The molecule has 3 nitrogen and oxygen atoms in total. The summed E-state index contributed by atoms with van der Waals surface area (Å²) < 4.78 is 42.0. The summed E-state index contributed by atoms with van der Waals surface area (Å²) in [6, 6.07) is 0. The van der Waals surface area contributed by atoms with E-state index in [-0.39, 0.29) is 24.2 Å². The Morgan fingerprint density at radius 3 is 2.62 bits per heavy atom. The molecule has 5 atom stereocenters. The lowest BCUT2D eigenvalue weighted by Crippen LogP contribution is -2.54. The smallest absolute Gasteiger partial charge is 0.399 e. The second kappa shape index (κ2) is 6.54. The second-order valence-electron chi connectivity index (χ2n) is 7.33. The van der Waals surface area contributed by atoms with E-state index in [1.165, 1.54) is 0 Å². The molecule has 0 spiro atoms. The van der Waals surface area contributed by atoms with Crippen molar-refractivity contribution in [1.82, 2.24) is 0 Å². The van der Waals surface area contributed by atoms with E-state index in [4.69, 9.17) is 4.74 Å². The lowest BCUT2D eigenvalue weighted by atomic mass is 9.58. The number of aliphatic hydroxyl groups is 1. The van der Waals surface area contributed by atoms with Crippen molar-refractivity contribution < 1.29 is 27.8 Å². The van der Waals surface area contributed by atoms with Crippen LogP contribution in [0.3, 0.4) is 0 Å². The van der Waals surface area contributed by atoms with Crippen molar-refractivity contribution in [1.29, 1.82) is 0 Å². The molecule has 0 saturated heterocycles. The highest BCUT2D eigenvalue weighted by Gasteiger charge is 2.52. The normalized spacial score (nSPS) is 36.5. The van der Waals surface area contributed by atoms with Crippen LogP contribution in [0.15, 0.2) is 23.8 Å². The lowest BCUT2D eigenvalue weighted by molar-refractivity contribution is -0.179. The Morgan fingerprint density at radius 2 is 2.08 bits per heavy atom. The Balaban J connectivity index is 2.22. The van der Waals surface area contributed by atoms with Gasteiger partial charge in [-0.3, -0.25) is 4.79 Å². The standard InChI is InChI=1S/C18H25F3O3/c1-10(2)13-6-5-12(4)17(23)8-15(11(3)7-14(13)17)24-16(22)9-18(19,20)21/h7,12-15,23H,1,5-6,8-9H2,2-4H3/t12-,13+,14+,15-,17-/m1/s1. The van der Waals surface area contributed by atoms with E-state index >= 15 is 0 Å². The van der Waals surface area contributed by atoms with E-state index in [0.717, 1.165) is 18.4 Å². The van der Waals surface area contributed by atoms with E-state index in [9.17, 15) is 23.1 Å². The van der Waals surface area contributed by atoms with Crippen LogP contribution in [0.25, 0.3) is 0 Å². The van der Waals surface area contributed by atoms with Crippen LogP contribution in [0.4, 0.5) is 13.2 Å². The van der Waals surface area contributed by atoms with Crippen LogP contribution >= 0.6 is 0 Å². The number of alkyl halides is 3. The minimum absolute atomic E-state index is 0.0220. The third kappa shape index (κ3) is 3.85. The van der Waals surface area contributed by atoms with E-state index in [1.807, 2.05) is 19.9 Å². The van der Waals surface area contributed by atoms with Gasteiger partial charge < -0.3 is 9.84 Å². The molecule has 24 heavy (non-hydrogen) atoms. The van der Waals surface area contributed by atoms with Crippen molar-refractivity contribution in [2.24, 2.45) is 17.8 Å². The first-order valence-corrected chi connectivity index (χ1v) is 8.26. The number of allylic oxidation sites excluding steroid dienone is 1. The zero-order valence-corrected chi connectivity index (χ0v) is 14.3. The van der Waals surface area contributed by atoms with Gasteiger partial charge in [0.15, 0.2) is 0 Å². The Morgan fingerprint density at radius 1 is 1.46 bits per heavy atom. The van der Waals surface area contributed by atoms with Gasteiger partial charge in [-0.2, -0.15) is 13.2 Å². The van der Waals surface area contributed by atoms with E-state index in [1.54, 1.807) is 6.92 Å². The predicted octanol–water partition coefficient (Wildman–Crippen LogP) is 4.17. The van der Waals surface area contributed by atoms with E-state index in [2.05, 4.69) is 6.58 Å². The average Bonchev–Trinajstić information content (AvgIpc) is 2.40. The molecule has 136 valence electrons. The van der Waals surface area contributed by atoms with Gasteiger partial charge >= 0.3 is 12.1 Å². The van der Waals surface area contributed by atoms with Crippen molar-refractivity contribution in [3.63, 3.8) is 0 Å². The fourth-order valence-corrected chi connectivity index (χ4v) is 4.03. The molecule has 1 saturated carbocycles. The molecule has 0 radical (unpaired) electrons. The summed E-state index contributed by atoms with van der Waals surface area (Å²) >= 11 is 0. The SMILES string of the molecule is C=C(C)[C@@H]1CC[C@@H](C)[C@]2(O)C[C@@H](OC(=O)CC(F)(F)F)C(C)=C[C@@H]12. The molecule has 1 N–H and O–H groups in total. The molecule has 0 aromatic carbocycles. The topological polar surface area (TPSA) is 46.5 Å². The van der Waals surface area contributed by atoms with Gasteiger partial charge in [0.1, 0.15) is 12.5 Å².